The molecule has 0 radical (unpaired) electrons. The van der Waals surface area contributed by atoms with E-state index in [1.165, 1.54) is 12.1 Å². The second kappa shape index (κ2) is 8.75. The number of hydrogen-bond donors (Lipinski definition) is 2. The molecule has 0 atom stereocenters. The Morgan fingerprint density at radius 2 is 1.78 bits per heavy atom. The standard InChI is InChI=1S/C20H19FN4O2/c1-27-18-5-3-2-4-15(18)13-23-20(26)17-10-11-19(25-24-17)22-12-14-6-8-16(21)9-7-14/h2-11H,12-13H2,1H3,(H,22,25)(H,23,26). The first-order valence-electron chi connectivity index (χ1n) is 8.38. The molecule has 0 unspecified atom stereocenters. The number of para-hydroxylation sites is 1. The smallest absolute Gasteiger partial charge is 0.272 e. The highest BCUT2D eigenvalue weighted by Gasteiger charge is 2.09. The predicted molar refractivity (Wildman–Crippen MR) is 99.9 cm³/mol. The number of ether oxygens (including phenoxy) is 1. The van der Waals surface area contributed by atoms with Crippen LogP contribution in [0.1, 0.15) is 21.6 Å². The maximum atomic E-state index is 12.9. The molecular weight excluding hydrogens is 347 g/mol. The van der Waals surface area contributed by atoms with Crippen LogP contribution in [0.25, 0.3) is 0 Å². The summed E-state index contributed by atoms with van der Waals surface area (Å²) in [4.78, 5) is 12.2. The number of halogens is 1. The van der Waals surface area contributed by atoms with Crippen LogP contribution in [0.4, 0.5) is 10.2 Å². The van der Waals surface area contributed by atoms with Gasteiger partial charge in [0.15, 0.2) is 5.69 Å². The lowest BCUT2D eigenvalue weighted by Gasteiger charge is -2.09. The number of carbonyl (C=O) groups excluding carboxylic acids is 1. The lowest BCUT2D eigenvalue weighted by atomic mass is 10.2. The molecule has 0 fully saturated rings. The number of nitrogens with zero attached hydrogens (tertiary/aromatic N) is 2. The first kappa shape index (κ1) is 18.3. The highest BCUT2D eigenvalue weighted by molar-refractivity contribution is 5.92. The summed E-state index contributed by atoms with van der Waals surface area (Å²) in [5.74, 6) is 0.644. The molecule has 2 N–H and O–H groups in total. The number of carbonyl (C=O) groups is 1. The van der Waals surface area contributed by atoms with Crippen molar-refractivity contribution in [1.29, 1.82) is 0 Å². The van der Waals surface area contributed by atoms with Crippen molar-refractivity contribution in [3.8, 4) is 5.75 Å². The summed E-state index contributed by atoms with van der Waals surface area (Å²) in [6.45, 7) is 0.809. The van der Waals surface area contributed by atoms with E-state index in [1.54, 1.807) is 31.4 Å². The molecule has 0 spiro atoms. The highest BCUT2D eigenvalue weighted by Crippen LogP contribution is 2.16. The number of hydrogen-bond acceptors (Lipinski definition) is 5. The topological polar surface area (TPSA) is 76.1 Å². The average molecular weight is 366 g/mol. The van der Waals surface area contributed by atoms with Gasteiger partial charge < -0.3 is 15.4 Å². The van der Waals surface area contributed by atoms with Gasteiger partial charge in [-0.25, -0.2) is 4.39 Å². The van der Waals surface area contributed by atoms with E-state index in [-0.39, 0.29) is 17.4 Å². The van der Waals surface area contributed by atoms with Gasteiger partial charge >= 0.3 is 0 Å². The maximum Gasteiger partial charge on any atom is 0.272 e. The molecule has 1 heterocycles. The summed E-state index contributed by atoms with van der Waals surface area (Å²) in [6, 6.07) is 16.9. The minimum Gasteiger partial charge on any atom is -0.496 e. The van der Waals surface area contributed by atoms with E-state index >= 15 is 0 Å². The van der Waals surface area contributed by atoms with Gasteiger partial charge in [-0.3, -0.25) is 4.79 Å². The van der Waals surface area contributed by atoms with Crippen LogP contribution in [-0.4, -0.2) is 23.2 Å². The molecule has 3 aromatic rings. The summed E-state index contributed by atoms with van der Waals surface area (Å²) < 4.78 is 18.2. The first-order valence-corrected chi connectivity index (χ1v) is 8.38. The van der Waals surface area contributed by atoms with Gasteiger partial charge in [0.05, 0.1) is 7.11 Å². The van der Waals surface area contributed by atoms with Crippen molar-refractivity contribution in [2.45, 2.75) is 13.1 Å². The van der Waals surface area contributed by atoms with Gasteiger partial charge in [0.1, 0.15) is 17.4 Å². The van der Waals surface area contributed by atoms with Gasteiger partial charge in [0, 0.05) is 18.7 Å². The van der Waals surface area contributed by atoms with Crippen molar-refractivity contribution >= 4 is 11.7 Å². The molecule has 6 nitrogen and oxygen atoms in total. The molecule has 0 aliphatic carbocycles. The van der Waals surface area contributed by atoms with Crippen molar-refractivity contribution in [3.05, 3.63) is 83.3 Å². The van der Waals surface area contributed by atoms with Crippen LogP contribution < -0.4 is 15.4 Å². The second-order valence-corrected chi connectivity index (χ2v) is 5.78. The van der Waals surface area contributed by atoms with Gasteiger partial charge in [-0.1, -0.05) is 30.3 Å². The largest absolute Gasteiger partial charge is 0.496 e. The molecule has 27 heavy (non-hydrogen) atoms. The molecule has 2 aromatic carbocycles. The number of amides is 1. The van der Waals surface area contributed by atoms with E-state index in [0.717, 1.165) is 11.1 Å². The Bertz CT molecular complexity index is 899. The molecule has 0 bridgehead atoms. The van der Waals surface area contributed by atoms with Crippen molar-refractivity contribution in [2.75, 3.05) is 12.4 Å². The van der Waals surface area contributed by atoms with Crippen LogP contribution >= 0.6 is 0 Å². The Labute approximate surface area is 156 Å². The number of methoxy groups -OCH3 is 1. The molecule has 1 aromatic heterocycles. The number of benzene rings is 2. The van der Waals surface area contributed by atoms with E-state index in [2.05, 4.69) is 20.8 Å². The monoisotopic (exact) mass is 366 g/mol. The molecular formula is C20H19FN4O2. The zero-order chi connectivity index (χ0) is 19.1. The normalized spacial score (nSPS) is 10.3. The fraction of sp³-hybridized carbons (Fsp3) is 0.150. The Kier molecular flexibility index (Phi) is 5.94. The van der Waals surface area contributed by atoms with Gasteiger partial charge in [0.2, 0.25) is 0 Å². The highest BCUT2D eigenvalue weighted by atomic mass is 19.1. The van der Waals surface area contributed by atoms with Crippen LogP contribution in [0.3, 0.4) is 0 Å². The number of anilines is 1. The van der Waals surface area contributed by atoms with Crippen molar-refractivity contribution in [1.82, 2.24) is 15.5 Å². The Balaban J connectivity index is 1.54. The summed E-state index contributed by atoms with van der Waals surface area (Å²) >= 11 is 0. The van der Waals surface area contributed by atoms with Gasteiger partial charge in [-0.2, -0.15) is 0 Å². The molecule has 0 aliphatic rings. The van der Waals surface area contributed by atoms with Crippen molar-refractivity contribution in [3.63, 3.8) is 0 Å². The lowest BCUT2D eigenvalue weighted by Crippen LogP contribution is -2.24. The third kappa shape index (κ3) is 5.01. The van der Waals surface area contributed by atoms with E-state index < -0.39 is 0 Å². The third-order valence-corrected chi connectivity index (χ3v) is 3.92. The van der Waals surface area contributed by atoms with Gasteiger partial charge in [0.25, 0.3) is 5.91 Å². The van der Waals surface area contributed by atoms with Crippen molar-refractivity contribution < 1.29 is 13.9 Å². The van der Waals surface area contributed by atoms with E-state index in [9.17, 15) is 9.18 Å². The zero-order valence-electron chi connectivity index (χ0n) is 14.8. The average Bonchev–Trinajstić information content (AvgIpc) is 2.72. The number of rotatable bonds is 7. The predicted octanol–water partition coefficient (Wildman–Crippen LogP) is 3.17. The zero-order valence-corrected chi connectivity index (χ0v) is 14.8. The van der Waals surface area contributed by atoms with Crippen LogP contribution in [-0.2, 0) is 13.1 Å². The quantitative estimate of drug-likeness (QED) is 0.672. The van der Waals surface area contributed by atoms with E-state index in [0.29, 0.717) is 24.7 Å². The molecule has 7 heteroatoms. The molecule has 3 rings (SSSR count). The van der Waals surface area contributed by atoms with E-state index in [1.807, 2.05) is 24.3 Å². The minimum atomic E-state index is -0.321. The third-order valence-electron chi connectivity index (χ3n) is 3.92. The minimum absolute atomic E-state index is 0.220. The fourth-order valence-electron chi connectivity index (χ4n) is 2.46. The molecule has 0 aliphatic heterocycles. The Hall–Kier alpha value is -3.48. The van der Waals surface area contributed by atoms with Gasteiger partial charge in [-0.05, 0) is 35.9 Å². The number of nitrogens with one attached hydrogen (secondary N) is 2. The Morgan fingerprint density at radius 1 is 1.00 bits per heavy atom. The van der Waals surface area contributed by atoms with Crippen LogP contribution in [0.15, 0.2) is 60.7 Å². The molecule has 138 valence electrons. The Morgan fingerprint density at radius 3 is 2.48 bits per heavy atom. The SMILES string of the molecule is COc1ccccc1CNC(=O)c1ccc(NCc2ccc(F)cc2)nn1. The summed E-state index contributed by atoms with van der Waals surface area (Å²) in [7, 11) is 1.59. The van der Waals surface area contributed by atoms with Crippen LogP contribution in [0, 0.1) is 5.82 Å². The molecule has 0 saturated carbocycles. The molecule has 0 saturated heterocycles. The first-order chi connectivity index (χ1) is 13.2. The fourth-order valence-corrected chi connectivity index (χ4v) is 2.46. The summed E-state index contributed by atoms with van der Waals surface area (Å²) in [5, 5.41) is 13.8. The van der Waals surface area contributed by atoms with Crippen LogP contribution in [0.2, 0.25) is 0 Å². The maximum absolute atomic E-state index is 12.9. The summed E-state index contributed by atoms with van der Waals surface area (Å²) in [5.41, 5.74) is 2.01. The summed E-state index contributed by atoms with van der Waals surface area (Å²) in [6.07, 6.45) is 0. The second-order valence-electron chi connectivity index (χ2n) is 5.78. The van der Waals surface area contributed by atoms with Crippen molar-refractivity contribution in [2.24, 2.45) is 0 Å². The van der Waals surface area contributed by atoms with E-state index in [4.69, 9.17) is 4.74 Å². The lowest BCUT2D eigenvalue weighted by molar-refractivity contribution is 0.0944. The molecule has 1 amide bonds. The van der Waals surface area contributed by atoms with Crippen LogP contribution in [0.5, 0.6) is 5.75 Å². The number of aromatic nitrogens is 2. The van der Waals surface area contributed by atoms with Gasteiger partial charge in [-0.15, -0.1) is 10.2 Å².